The fourth-order valence-corrected chi connectivity index (χ4v) is 2.05. The van der Waals surface area contributed by atoms with Gasteiger partial charge in [0.15, 0.2) is 0 Å². The maximum absolute atomic E-state index is 13.3. The van der Waals surface area contributed by atoms with Gasteiger partial charge < -0.3 is 10.1 Å². The van der Waals surface area contributed by atoms with Crippen LogP contribution in [0, 0.1) is 19.7 Å². The monoisotopic (exact) mass is 288 g/mol. The van der Waals surface area contributed by atoms with E-state index in [-0.39, 0.29) is 5.82 Å². The van der Waals surface area contributed by atoms with Crippen LogP contribution < -0.4 is 10.1 Å². The number of halogens is 1. The van der Waals surface area contributed by atoms with Crippen LogP contribution >= 0.6 is 0 Å². The van der Waals surface area contributed by atoms with Crippen LogP contribution in [0.2, 0.25) is 0 Å². The van der Waals surface area contributed by atoms with Gasteiger partial charge in [-0.1, -0.05) is 13.0 Å². The summed E-state index contributed by atoms with van der Waals surface area (Å²) in [4.78, 5) is 4.50. The predicted molar refractivity (Wildman–Crippen MR) is 81.8 cm³/mol. The standard InChI is InChI=1S/C17H21FN2O/c1-4-19-10-16-17(8-6-13(3)20-16)21-11-14-9-15(18)7-5-12(14)2/h5-9,19H,4,10-11H2,1-3H3. The molecule has 3 nitrogen and oxygen atoms in total. The van der Waals surface area contributed by atoms with Gasteiger partial charge in [0.2, 0.25) is 0 Å². The number of ether oxygens (including phenoxy) is 1. The average molecular weight is 288 g/mol. The Kier molecular flexibility index (Phi) is 5.28. The van der Waals surface area contributed by atoms with E-state index in [0.29, 0.717) is 13.2 Å². The lowest BCUT2D eigenvalue weighted by Gasteiger charge is -2.13. The maximum atomic E-state index is 13.3. The second kappa shape index (κ2) is 7.18. The number of hydrogen-bond donors (Lipinski definition) is 1. The number of aryl methyl sites for hydroxylation is 2. The van der Waals surface area contributed by atoms with Crippen LogP contribution in [0.1, 0.15) is 29.4 Å². The summed E-state index contributed by atoms with van der Waals surface area (Å²) in [7, 11) is 0. The largest absolute Gasteiger partial charge is 0.487 e. The molecule has 0 saturated heterocycles. The van der Waals surface area contributed by atoms with Crippen LogP contribution in [0.5, 0.6) is 5.75 Å². The molecule has 0 aliphatic heterocycles. The molecule has 0 amide bonds. The summed E-state index contributed by atoms with van der Waals surface area (Å²) >= 11 is 0. The summed E-state index contributed by atoms with van der Waals surface area (Å²) in [6, 6.07) is 8.58. The Hall–Kier alpha value is -1.94. The molecule has 2 aromatic rings. The molecular formula is C17H21FN2O. The zero-order chi connectivity index (χ0) is 15.2. The molecule has 1 N–H and O–H groups in total. The quantitative estimate of drug-likeness (QED) is 0.883. The molecule has 4 heteroatoms. The van der Waals surface area contributed by atoms with E-state index in [4.69, 9.17) is 4.74 Å². The molecule has 112 valence electrons. The molecule has 0 fully saturated rings. The second-order valence-electron chi connectivity index (χ2n) is 5.04. The third-order valence-corrected chi connectivity index (χ3v) is 3.31. The first-order chi connectivity index (χ1) is 10.1. The summed E-state index contributed by atoms with van der Waals surface area (Å²) in [6.07, 6.45) is 0. The van der Waals surface area contributed by atoms with E-state index < -0.39 is 0 Å². The normalized spacial score (nSPS) is 10.7. The fourth-order valence-electron chi connectivity index (χ4n) is 2.05. The van der Waals surface area contributed by atoms with Gasteiger partial charge >= 0.3 is 0 Å². The van der Waals surface area contributed by atoms with E-state index >= 15 is 0 Å². The van der Waals surface area contributed by atoms with Crippen molar-refractivity contribution in [1.82, 2.24) is 10.3 Å². The first kappa shape index (κ1) is 15.4. The van der Waals surface area contributed by atoms with Crippen molar-refractivity contribution >= 4 is 0 Å². The Labute approximate surface area is 125 Å². The van der Waals surface area contributed by atoms with Crippen molar-refractivity contribution in [2.24, 2.45) is 0 Å². The van der Waals surface area contributed by atoms with Crippen LogP contribution in [0.3, 0.4) is 0 Å². The van der Waals surface area contributed by atoms with Crippen molar-refractivity contribution in [3.05, 3.63) is 58.7 Å². The SMILES string of the molecule is CCNCc1nc(C)ccc1OCc1cc(F)ccc1C. The average Bonchev–Trinajstić information content (AvgIpc) is 2.47. The highest BCUT2D eigenvalue weighted by atomic mass is 19.1. The molecule has 21 heavy (non-hydrogen) atoms. The summed E-state index contributed by atoms with van der Waals surface area (Å²) in [6.45, 7) is 7.83. The molecule has 0 aliphatic carbocycles. The summed E-state index contributed by atoms with van der Waals surface area (Å²) in [5.41, 5.74) is 3.71. The van der Waals surface area contributed by atoms with E-state index in [1.54, 1.807) is 6.07 Å². The number of hydrogen-bond acceptors (Lipinski definition) is 3. The van der Waals surface area contributed by atoms with Crippen molar-refractivity contribution in [1.29, 1.82) is 0 Å². The molecule has 2 rings (SSSR count). The second-order valence-corrected chi connectivity index (χ2v) is 5.04. The number of aromatic nitrogens is 1. The molecular weight excluding hydrogens is 267 g/mol. The lowest BCUT2D eigenvalue weighted by Crippen LogP contribution is -2.14. The number of pyridine rings is 1. The van der Waals surface area contributed by atoms with Gasteiger partial charge in [0.05, 0.1) is 5.69 Å². The van der Waals surface area contributed by atoms with E-state index in [1.165, 1.54) is 12.1 Å². The van der Waals surface area contributed by atoms with Crippen LogP contribution in [0.15, 0.2) is 30.3 Å². The van der Waals surface area contributed by atoms with Crippen molar-refractivity contribution in [2.45, 2.75) is 33.9 Å². The summed E-state index contributed by atoms with van der Waals surface area (Å²) < 4.78 is 19.1. The maximum Gasteiger partial charge on any atom is 0.142 e. The lowest BCUT2D eigenvalue weighted by molar-refractivity contribution is 0.298. The molecule has 0 unspecified atom stereocenters. The van der Waals surface area contributed by atoms with E-state index in [9.17, 15) is 4.39 Å². The van der Waals surface area contributed by atoms with Gasteiger partial charge in [0.1, 0.15) is 18.2 Å². The molecule has 1 heterocycles. The third kappa shape index (κ3) is 4.26. The fraction of sp³-hybridized carbons (Fsp3) is 0.353. The van der Waals surface area contributed by atoms with E-state index in [2.05, 4.69) is 10.3 Å². The van der Waals surface area contributed by atoms with Gasteiger partial charge in [0.25, 0.3) is 0 Å². The number of rotatable bonds is 6. The first-order valence-electron chi connectivity index (χ1n) is 7.15. The minimum absolute atomic E-state index is 0.242. The number of nitrogens with one attached hydrogen (secondary N) is 1. The topological polar surface area (TPSA) is 34.2 Å². The molecule has 0 bridgehead atoms. The number of nitrogens with zero attached hydrogens (tertiary/aromatic N) is 1. The molecule has 0 spiro atoms. The van der Waals surface area contributed by atoms with Gasteiger partial charge in [-0.2, -0.15) is 0 Å². The molecule has 0 atom stereocenters. The van der Waals surface area contributed by atoms with Gasteiger partial charge in [0, 0.05) is 12.2 Å². The van der Waals surface area contributed by atoms with Crippen molar-refractivity contribution < 1.29 is 9.13 Å². The Balaban J connectivity index is 2.13. The minimum Gasteiger partial charge on any atom is -0.487 e. The summed E-state index contributed by atoms with van der Waals surface area (Å²) in [5.74, 6) is 0.499. The van der Waals surface area contributed by atoms with Gasteiger partial charge in [-0.05, 0) is 55.8 Å². The summed E-state index contributed by atoms with van der Waals surface area (Å²) in [5, 5.41) is 3.25. The first-order valence-corrected chi connectivity index (χ1v) is 7.15. The predicted octanol–water partition coefficient (Wildman–Crippen LogP) is 3.53. The highest BCUT2D eigenvalue weighted by Gasteiger charge is 2.07. The Bertz CT molecular complexity index is 614. The highest BCUT2D eigenvalue weighted by molar-refractivity contribution is 5.31. The highest BCUT2D eigenvalue weighted by Crippen LogP contribution is 2.20. The van der Waals surface area contributed by atoms with Gasteiger partial charge in [-0.3, -0.25) is 4.98 Å². The van der Waals surface area contributed by atoms with Crippen LogP contribution in [-0.2, 0) is 13.2 Å². The van der Waals surface area contributed by atoms with E-state index in [0.717, 1.165) is 34.8 Å². The Morgan fingerprint density at radius 3 is 2.76 bits per heavy atom. The molecule has 1 aromatic carbocycles. The van der Waals surface area contributed by atoms with Gasteiger partial charge in [-0.15, -0.1) is 0 Å². The zero-order valence-corrected chi connectivity index (χ0v) is 12.7. The molecule has 0 saturated carbocycles. The van der Waals surface area contributed by atoms with Crippen LogP contribution in [-0.4, -0.2) is 11.5 Å². The third-order valence-electron chi connectivity index (χ3n) is 3.31. The molecule has 0 radical (unpaired) electrons. The Morgan fingerprint density at radius 1 is 1.19 bits per heavy atom. The van der Waals surface area contributed by atoms with Gasteiger partial charge in [-0.25, -0.2) is 4.39 Å². The molecule has 1 aromatic heterocycles. The smallest absolute Gasteiger partial charge is 0.142 e. The lowest BCUT2D eigenvalue weighted by atomic mass is 10.1. The van der Waals surface area contributed by atoms with E-state index in [1.807, 2.05) is 32.9 Å². The number of benzene rings is 1. The molecule has 0 aliphatic rings. The van der Waals surface area contributed by atoms with Crippen molar-refractivity contribution in [3.8, 4) is 5.75 Å². The Morgan fingerprint density at radius 2 is 2.00 bits per heavy atom. The van der Waals surface area contributed by atoms with Crippen molar-refractivity contribution in [3.63, 3.8) is 0 Å². The van der Waals surface area contributed by atoms with Crippen LogP contribution in [0.25, 0.3) is 0 Å². The van der Waals surface area contributed by atoms with Crippen LogP contribution in [0.4, 0.5) is 4.39 Å². The minimum atomic E-state index is -0.242. The zero-order valence-electron chi connectivity index (χ0n) is 12.7. The van der Waals surface area contributed by atoms with Crippen molar-refractivity contribution in [2.75, 3.05) is 6.54 Å².